The van der Waals surface area contributed by atoms with Crippen molar-refractivity contribution in [3.05, 3.63) is 71.6 Å². The number of urea groups is 1. The molecule has 3 aromatic rings. The highest BCUT2D eigenvalue weighted by molar-refractivity contribution is 6.12. The van der Waals surface area contributed by atoms with Crippen molar-refractivity contribution >= 4 is 23.5 Å². The molecule has 3 heterocycles. The van der Waals surface area contributed by atoms with E-state index in [0.29, 0.717) is 36.7 Å². The standard InChI is InChI=1S/C22H18N4O4/c27-19-13-26(22(29)24-19)16-8-6-15(7-9-16)21(28)25-11-10-18-17(12-25)23-20(30-18)14-4-2-1-3-5-14/h1-9H,10-13H2,(H,24,27,29). The molecule has 4 amide bonds. The maximum Gasteiger partial charge on any atom is 0.329 e. The number of anilines is 1. The quantitative estimate of drug-likeness (QED) is 0.680. The summed E-state index contributed by atoms with van der Waals surface area (Å²) >= 11 is 0. The summed E-state index contributed by atoms with van der Waals surface area (Å²) in [4.78, 5) is 43.8. The van der Waals surface area contributed by atoms with Crippen LogP contribution in [-0.4, -0.2) is 40.8 Å². The van der Waals surface area contributed by atoms with Crippen molar-refractivity contribution in [1.29, 1.82) is 0 Å². The number of aromatic nitrogens is 1. The van der Waals surface area contributed by atoms with E-state index in [0.717, 1.165) is 17.0 Å². The number of carbonyl (C=O) groups excluding carboxylic acids is 3. The van der Waals surface area contributed by atoms with Crippen LogP contribution in [0.25, 0.3) is 11.5 Å². The number of hydrogen-bond acceptors (Lipinski definition) is 5. The van der Waals surface area contributed by atoms with Gasteiger partial charge in [-0.3, -0.25) is 19.8 Å². The summed E-state index contributed by atoms with van der Waals surface area (Å²) in [6.07, 6.45) is 0.606. The Hall–Kier alpha value is -3.94. The first-order valence-electron chi connectivity index (χ1n) is 9.63. The Balaban J connectivity index is 1.31. The van der Waals surface area contributed by atoms with E-state index < -0.39 is 6.03 Å². The molecular formula is C22H18N4O4. The minimum absolute atomic E-state index is 0.0169. The second-order valence-corrected chi connectivity index (χ2v) is 7.22. The van der Waals surface area contributed by atoms with Crippen LogP contribution in [0.1, 0.15) is 21.8 Å². The van der Waals surface area contributed by atoms with Crippen molar-refractivity contribution < 1.29 is 18.8 Å². The molecule has 5 rings (SSSR count). The van der Waals surface area contributed by atoms with Crippen LogP contribution in [0.15, 0.2) is 59.0 Å². The molecule has 0 saturated carbocycles. The van der Waals surface area contributed by atoms with Gasteiger partial charge in [0.1, 0.15) is 18.0 Å². The van der Waals surface area contributed by atoms with Gasteiger partial charge in [0, 0.05) is 29.8 Å². The summed E-state index contributed by atoms with van der Waals surface area (Å²) in [5, 5.41) is 2.23. The fourth-order valence-electron chi connectivity index (χ4n) is 3.69. The molecule has 8 heteroatoms. The maximum atomic E-state index is 13.0. The van der Waals surface area contributed by atoms with Crippen LogP contribution in [0.2, 0.25) is 0 Å². The molecule has 0 unspecified atom stereocenters. The fraction of sp³-hybridized carbons (Fsp3) is 0.182. The van der Waals surface area contributed by atoms with Gasteiger partial charge in [0.15, 0.2) is 0 Å². The molecule has 1 fully saturated rings. The summed E-state index contributed by atoms with van der Waals surface area (Å²) < 4.78 is 5.90. The Morgan fingerprint density at radius 2 is 1.77 bits per heavy atom. The third kappa shape index (κ3) is 3.22. The van der Waals surface area contributed by atoms with Crippen LogP contribution in [0, 0.1) is 0 Å². The second-order valence-electron chi connectivity index (χ2n) is 7.22. The highest BCUT2D eigenvalue weighted by Gasteiger charge is 2.29. The number of nitrogens with one attached hydrogen (secondary N) is 1. The molecule has 0 radical (unpaired) electrons. The number of benzene rings is 2. The maximum absolute atomic E-state index is 13.0. The zero-order valence-corrected chi connectivity index (χ0v) is 16.0. The molecular weight excluding hydrogens is 384 g/mol. The molecule has 8 nitrogen and oxygen atoms in total. The largest absolute Gasteiger partial charge is 0.441 e. The van der Waals surface area contributed by atoms with Crippen molar-refractivity contribution in [3.8, 4) is 11.5 Å². The van der Waals surface area contributed by atoms with Crippen molar-refractivity contribution in [2.45, 2.75) is 13.0 Å². The number of amides is 4. The molecule has 0 atom stereocenters. The molecule has 0 spiro atoms. The number of fused-ring (bicyclic) bond motifs is 1. The van der Waals surface area contributed by atoms with E-state index in [4.69, 9.17) is 4.42 Å². The third-order valence-corrected chi connectivity index (χ3v) is 5.25. The minimum atomic E-state index is -0.456. The van der Waals surface area contributed by atoms with E-state index >= 15 is 0 Å². The number of hydrogen-bond donors (Lipinski definition) is 1. The predicted molar refractivity (Wildman–Crippen MR) is 108 cm³/mol. The van der Waals surface area contributed by atoms with Crippen LogP contribution in [0.3, 0.4) is 0 Å². The molecule has 1 aromatic heterocycles. The lowest BCUT2D eigenvalue weighted by molar-refractivity contribution is -0.117. The van der Waals surface area contributed by atoms with E-state index in [1.54, 1.807) is 29.2 Å². The van der Waals surface area contributed by atoms with Gasteiger partial charge in [0.25, 0.3) is 5.91 Å². The van der Waals surface area contributed by atoms with Gasteiger partial charge >= 0.3 is 6.03 Å². The number of nitrogens with zero attached hydrogens (tertiary/aromatic N) is 3. The summed E-state index contributed by atoms with van der Waals surface area (Å²) in [6.45, 7) is 0.909. The van der Waals surface area contributed by atoms with Crippen LogP contribution >= 0.6 is 0 Å². The molecule has 2 aromatic carbocycles. The molecule has 150 valence electrons. The van der Waals surface area contributed by atoms with E-state index in [1.807, 2.05) is 30.3 Å². The topological polar surface area (TPSA) is 95.8 Å². The predicted octanol–water partition coefficient (Wildman–Crippen LogP) is 2.60. The van der Waals surface area contributed by atoms with Gasteiger partial charge in [-0.25, -0.2) is 9.78 Å². The average Bonchev–Trinajstić information content (AvgIpc) is 3.36. The van der Waals surface area contributed by atoms with E-state index in [-0.39, 0.29) is 18.4 Å². The Labute approximate surface area is 172 Å². The molecule has 0 bridgehead atoms. The highest BCUT2D eigenvalue weighted by Crippen LogP contribution is 2.27. The first-order valence-corrected chi connectivity index (χ1v) is 9.63. The lowest BCUT2D eigenvalue weighted by Gasteiger charge is -2.25. The zero-order valence-electron chi connectivity index (χ0n) is 16.0. The van der Waals surface area contributed by atoms with Gasteiger partial charge in [0.05, 0.1) is 6.54 Å². The molecule has 2 aliphatic heterocycles. The number of carbonyl (C=O) groups is 3. The fourth-order valence-corrected chi connectivity index (χ4v) is 3.69. The van der Waals surface area contributed by atoms with Crippen molar-refractivity contribution in [2.75, 3.05) is 18.0 Å². The van der Waals surface area contributed by atoms with Gasteiger partial charge < -0.3 is 9.32 Å². The van der Waals surface area contributed by atoms with Gasteiger partial charge in [-0.2, -0.15) is 0 Å². The monoisotopic (exact) mass is 402 g/mol. The van der Waals surface area contributed by atoms with E-state index in [1.165, 1.54) is 4.90 Å². The van der Waals surface area contributed by atoms with Crippen molar-refractivity contribution in [3.63, 3.8) is 0 Å². The lowest BCUT2D eigenvalue weighted by atomic mass is 10.1. The Kier molecular flexibility index (Phi) is 4.31. The third-order valence-electron chi connectivity index (χ3n) is 5.25. The van der Waals surface area contributed by atoms with Crippen LogP contribution in [0.4, 0.5) is 10.5 Å². The smallest absolute Gasteiger partial charge is 0.329 e. The number of imide groups is 1. The summed E-state index contributed by atoms with van der Waals surface area (Å²) in [6, 6.07) is 15.9. The molecule has 30 heavy (non-hydrogen) atoms. The lowest BCUT2D eigenvalue weighted by Crippen LogP contribution is -2.35. The second kappa shape index (κ2) is 7.14. The van der Waals surface area contributed by atoms with E-state index in [2.05, 4.69) is 10.3 Å². The van der Waals surface area contributed by atoms with Crippen LogP contribution in [0.5, 0.6) is 0 Å². The summed E-state index contributed by atoms with van der Waals surface area (Å²) in [5.74, 6) is 0.931. The SMILES string of the molecule is O=C1CN(c2ccc(C(=O)N3CCc4oc(-c5ccccc5)nc4C3)cc2)C(=O)N1. The van der Waals surface area contributed by atoms with Crippen LogP contribution in [-0.2, 0) is 17.8 Å². The molecule has 2 aliphatic rings. The Morgan fingerprint density at radius 3 is 2.47 bits per heavy atom. The minimum Gasteiger partial charge on any atom is -0.441 e. The number of rotatable bonds is 3. The van der Waals surface area contributed by atoms with Crippen molar-refractivity contribution in [1.82, 2.24) is 15.2 Å². The van der Waals surface area contributed by atoms with Gasteiger partial charge in [-0.15, -0.1) is 0 Å². The van der Waals surface area contributed by atoms with Gasteiger partial charge in [-0.1, -0.05) is 18.2 Å². The number of oxazole rings is 1. The molecule has 1 saturated heterocycles. The molecule has 0 aliphatic carbocycles. The Morgan fingerprint density at radius 1 is 1.00 bits per heavy atom. The van der Waals surface area contributed by atoms with Gasteiger partial charge in [0.2, 0.25) is 11.8 Å². The summed E-state index contributed by atoms with van der Waals surface area (Å²) in [5.41, 5.74) is 2.77. The Bertz CT molecular complexity index is 1140. The first kappa shape index (κ1) is 18.1. The van der Waals surface area contributed by atoms with Gasteiger partial charge in [-0.05, 0) is 36.4 Å². The summed E-state index contributed by atoms with van der Waals surface area (Å²) in [7, 11) is 0. The van der Waals surface area contributed by atoms with E-state index in [9.17, 15) is 14.4 Å². The normalized spacial score (nSPS) is 15.9. The molecule has 1 N–H and O–H groups in total. The first-order chi connectivity index (χ1) is 14.6. The van der Waals surface area contributed by atoms with Crippen molar-refractivity contribution in [2.24, 2.45) is 0 Å². The van der Waals surface area contributed by atoms with Crippen LogP contribution < -0.4 is 10.2 Å². The highest BCUT2D eigenvalue weighted by atomic mass is 16.4. The average molecular weight is 402 g/mol. The zero-order chi connectivity index (χ0) is 20.7.